The van der Waals surface area contributed by atoms with E-state index in [9.17, 15) is 0 Å². The van der Waals surface area contributed by atoms with E-state index in [1.807, 2.05) is 0 Å². The second kappa shape index (κ2) is 9.22. The Hall–Kier alpha value is -3.08. The highest BCUT2D eigenvalue weighted by atomic mass is 35.5. The van der Waals surface area contributed by atoms with E-state index in [2.05, 4.69) is 30.1 Å². The monoisotopic (exact) mass is 565 g/mol. The zero-order valence-electron chi connectivity index (χ0n) is 22.0. The van der Waals surface area contributed by atoms with Crippen LogP contribution in [0.3, 0.4) is 0 Å². The summed E-state index contributed by atoms with van der Waals surface area (Å²) in [5, 5.41) is 4.66. The second-order valence-electron chi connectivity index (χ2n) is 11.7. The number of piperazine rings is 1. The van der Waals surface area contributed by atoms with Crippen LogP contribution in [0, 0.1) is 11.6 Å². The van der Waals surface area contributed by atoms with Crippen molar-refractivity contribution < 1.29 is 13.5 Å². The molecule has 4 fully saturated rings. The first-order valence-electron chi connectivity index (χ1n) is 14.2. The average molecular weight is 566 g/mol. The molecule has 4 saturated heterocycles. The van der Waals surface area contributed by atoms with Crippen LogP contribution in [0.5, 0.6) is 6.01 Å². The molecule has 8 rings (SSSR count). The van der Waals surface area contributed by atoms with E-state index in [0.29, 0.717) is 54.0 Å². The molecule has 2 unspecified atom stereocenters. The first kappa shape index (κ1) is 24.7. The van der Waals surface area contributed by atoms with Gasteiger partial charge in [0, 0.05) is 53.9 Å². The Morgan fingerprint density at radius 2 is 1.82 bits per heavy atom. The summed E-state index contributed by atoms with van der Waals surface area (Å²) in [5.74, 6) is -0.982. The topological polar surface area (TPSA) is 82.2 Å². The number of benzene rings is 1. The van der Waals surface area contributed by atoms with Crippen molar-refractivity contribution in [2.24, 2.45) is 0 Å². The van der Waals surface area contributed by atoms with Crippen LogP contribution in [0.15, 0.2) is 24.5 Å². The molecule has 2 bridgehead atoms. The van der Waals surface area contributed by atoms with Gasteiger partial charge in [-0.2, -0.15) is 9.97 Å². The van der Waals surface area contributed by atoms with Gasteiger partial charge in [0.05, 0.1) is 16.1 Å². The van der Waals surface area contributed by atoms with Gasteiger partial charge in [-0.3, -0.25) is 4.90 Å². The molecule has 0 radical (unpaired) electrons. The third-order valence-corrected chi connectivity index (χ3v) is 9.72. The van der Waals surface area contributed by atoms with Crippen LogP contribution in [0.2, 0.25) is 5.02 Å². The molecule has 4 aliphatic heterocycles. The lowest BCUT2D eigenvalue weighted by Gasteiger charge is -2.34. The summed E-state index contributed by atoms with van der Waals surface area (Å²) in [6.07, 6.45) is 9.68. The number of hydrogen-bond donors (Lipinski definition) is 2. The van der Waals surface area contributed by atoms with Gasteiger partial charge >= 0.3 is 6.01 Å². The van der Waals surface area contributed by atoms with Crippen LogP contribution in [0.4, 0.5) is 14.6 Å². The lowest BCUT2D eigenvalue weighted by Crippen LogP contribution is -2.51. The molecule has 208 valence electrons. The molecular weight excluding hydrogens is 536 g/mol. The Morgan fingerprint density at radius 3 is 2.60 bits per heavy atom. The smallest absolute Gasteiger partial charge is 0.319 e. The molecule has 7 heterocycles. The maximum atomic E-state index is 16.6. The highest BCUT2D eigenvalue weighted by molar-refractivity contribution is 6.34. The zero-order valence-corrected chi connectivity index (χ0v) is 22.8. The first-order valence-corrected chi connectivity index (χ1v) is 14.6. The van der Waals surface area contributed by atoms with Crippen LogP contribution in [0.1, 0.15) is 38.5 Å². The van der Waals surface area contributed by atoms with E-state index >= 15 is 8.78 Å². The minimum absolute atomic E-state index is 0.0103. The summed E-state index contributed by atoms with van der Waals surface area (Å²) >= 11 is 6.50. The fraction of sp³-hybridized carbons (Fsp3) is 0.483. The van der Waals surface area contributed by atoms with Gasteiger partial charge in [-0.25, -0.2) is 13.8 Å². The number of hydrogen-bond acceptors (Lipinski definition) is 7. The number of H-pyrrole nitrogens is 1. The van der Waals surface area contributed by atoms with Crippen molar-refractivity contribution in [3.05, 3.63) is 41.2 Å². The number of aromatic nitrogens is 4. The molecule has 8 nitrogen and oxygen atoms in total. The van der Waals surface area contributed by atoms with Crippen LogP contribution < -0.4 is 15.0 Å². The average Bonchev–Trinajstić information content (AvgIpc) is 3.73. The number of rotatable bonds is 5. The van der Waals surface area contributed by atoms with E-state index in [0.717, 1.165) is 51.6 Å². The van der Waals surface area contributed by atoms with E-state index in [1.54, 1.807) is 12.3 Å². The molecule has 3 aromatic heterocycles. The quantitative estimate of drug-likeness (QED) is 0.350. The number of pyridine rings is 1. The van der Waals surface area contributed by atoms with Gasteiger partial charge in [0.2, 0.25) is 0 Å². The molecule has 0 spiro atoms. The SMILES string of the molecule is Fc1cc2c(N3CC4CCC(C3)N4)nc(OCC34CCCN3CCC4)nc2c(F)c1-c1c(Cl)cnc2[nH]ccc12. The van der Waals surface area contributed by atoms with Crippen LogP contribution in [-0.2, 0) is 0 Å². The Morgan fingerprint density at radius 1 is 1.05 bits per heavy atom. The highest BCUT2D eigenvalue weighted by Gasteiger charge is 2.45. The number of anilines is 1. The van der Waals surface area contributed by atoms with Crippen molar-refractivity contribution in [3.63, 3.8) is 0 Å². The van der Waals surface area contributed by atoms with Crippen molar-refractivity contribution in [1.29, 1.82) is 0 Å². The number of fused-ring (bicyclic) bond motifs is 5. The Bertz CT molecular complexity index is 1620. The normalized spacial score (nSPS) is 23.9. The number of nitrogens with zero attached hydrogens (tertiary/aromatic N) is 5. The van der Waals surface area contributed by atoms with Gasteiger partial charge in [-0.05, 0) is 63.7 Å². The Kier molecular flexibility index (Phi) is 5.69. The molecule has 2 N–H and O–H groups in total. The third kappa shape index (κ3) is 3.79. The first-order chi connectivity index (χ1) is 19.5. The summed E-state index contributed by atoms with van der Waals surface area (Å²) in [6, 6.07) is 3.84. The summed E-state index contributed by atoms with van der Waals surface area (Å²) in [7, 11) is 0. The van der Waals surface area contributed by atoms with Gasteiger partial charge in [0.15, 0.2) is 5.82 Å². The Balaban J connectivity index is 1.28. The maximum absolute atomic E-state index is 16.6. The van der Waals surface area contributed by atoms with Crippen molar-refractivity contribution in [2.75, 3.05) is 37.7 Å². The molecule has 0 aliphatic carbocycles. The highest BCUT2D eigenvalue weighted by Crippen LogP contribution is 2.42. The molecule has 1 aromatic carbocycles. The van der Waals surface area contributed by atoms with Gasteiger partial charge in [0.1, 0.15) is 29.4 Å². The fourth-order valence-electron chi connectivity index (χ4n) is 7.56. The minimum atomic E-state index is -0.779. The molecule has 2 atom stereocenters. The lowest BCUT2D eigenvalue weighted by molar-refractivity contribution is 0.108. The Labute approximate surface area is 235 Å². The van der Waals surface area contributed by atoms with E-state index < -0.39 is 11.6 Å². The zero-order chi connectivity index (χ0) is 27.0. The molecule has 4 aliphatic rings. The maximum Gasteiger partial charge on any atom is 0.319 e. The number of aromatic amines is 1. The molecular formula is C29H30ClF2N7O. The van der Waals surface area contributed by atoms with E-state index in [1.165, 1.54) is 12.3 Å². The summed E-state index contributed by atoms with van der Waals surface area (Å²) in [6.45, 7) is 4.04. The number of ether oxygens (including phenoxy) is 1. The van der Waals surface area contributed by atoms with Gasteiger partial charge in [0.25, 0.3) is 0 Å². The van der Waals surface area contributed by atoms with Gasteiger partial charge < -0.3 is 19.9 Å². The fourth-order valence-corrected chi connectivity index (χ4v) is 7.81. The summed E-state index contributed by atoms with van der Waals surface area (Å²) < 4.78 is 38.8. The largest absolute Gasteiger partial charge is 0.461 e. The predicted octanol–water partition coefficient (Wildman–Crippen LogP) is 5.05. The predicted molar refractivity (Wildman–Crippen MR) is 150 cm³/mol. The molecule has 11 heteroatoms. The van der Waals surface area contributed by atoms with E-state index in [-0.39, 0.29) is 33.2 Å². The van der Waals surface area contributed by atoms with E-state index in [4.69, 9.17) is 21.3 Å². The minimum Gasteiger partial charge on any atom is -0.461 e. The van der Waals surface area contributed by atoms with Gasteiger partial charge in [-0.1, -0.05) is 11.6 Å². The van der Waals surface area contributed by atoms with Crippen LogP contribution in [0.25, 0.3) is 33.1 Å². The summed E-state index contributed by atoms with van der Waals surface area (Å²) in [4.78, 5) is 21.3. The molecule has 4 aromatic rings. The lowest BCUT2D eigenvalue weighted by atomic mass is 9.95. The van der Waals surface area contributed by atoms with Crippen molar-refractivity contribution in [3.8, 4) is 17.1 Å². The van der Waals surface area contributed by atoms with Crippen molar-refractivity contribution in [1.82, 2.24) is 30.2 Å². The molecule has 40 heavy (non-hydrogen) atoms. The standard InChI is InChI=1S/C29H30ClF2N7O/c30-20-12-34-26-18(5-8-33-26)22(20)23-21(31)11-19-25(24(23)32)36-28(40-15-29-6-1-9-39(29)10-2-7-29)37-27(19)38-13-16-3-4-17(14-38)35-16/h5,8,11-12,16-17,35H,1-4,6-7,9-10,13-15H2,(H,33,34). The molecule has 0 saturated carbocycles. The van der Waals surface area contributed by atoms with Crippen molar-refractivity contribution >= 4 is 39.4 Å². The third-order valence-electron chi connectivity index (χ3n) is 9.43. The number of halogens is 3. The summed E-state index contributed by atoms with van der Waals surface area (Å²) in [5.41, 5.74) is 0.546. The van der Waals surface area contributed by atoms with Gasteiger partial charge in [-0.15, -0.1) is 0 Å². The second-order valence-corrected chi connectivity index (χ2v) is 12.2. The van der Waals surface area contributed by atoms with Crippen molar-refractivity contribution in [2.45, 2.75) is 56.1 Å². The van der Waals surface area contributed by atoms with Crippen LogP contribution >= 0.6 is 11.6 Å². The van der Waals surface area contributed by atoms with Crippen LogP contribution in [-0.4, -0.2) is 75.2 Å². The number of nitrogens with one attached hydrogen (secondary N) is 2. The molecule has 0 amide bonds.